The Morgan fingerprint density at radius 3 is 2.83 bits per heavy atom. The average molecular weight is 404 g/mol. The van der Waals surface area contributed by atoms with E-state index in [0.717, 1.165) is 22.0 Å². The number of nitrogens with one attached hydrogen (secondary N) is 1. The van der Waals surface area contributed by atoms with Gasteiger partial charge in [0.2, 0.25) is 5.91 Å². The summed E-state index contributed by atoms with van der Waals surface area (Å²) in [5.74, 6) is -0.128. The van der Waals surface area contributed by atoms with Crippen LogP contribution < -0.4 is 5.32 Å². The Kier molecular flexibility index (Phi) is 5.22. The predicted molar refractivity (Wildman–Crippen MR) is 98.3 cm³/mol. The van der Waals surface area contributed by atoms with Crippen LogP contribution in [0.4, 0.5) is 5.13 Å². The largest absolute Gasteiger partial charge is 0.345 e. The Labute approximate surface area is 151 Å². The molecule has 0 atom stereocenters. The SMILES string of the molecule is O=Cc1cccn1CCC(=O)Nc1nc(-c2ccc(Br)cc2)cs1. The molecule has 0 aliphatic carbocycles. The summed E-state index contributed by atoms with van der Waals surface area (Å²) in [4.78, 5) is 27.3. The number of hydrogen-bond donors (Lipinski definition) is 1. The highest BCUT2D eigenvalue weighted by molar-refractivity contribution is 9.10. The van der Waals surface area contributed by atoms with Gasteiger partial charge in [0.1, 0.15) is 0 Å². The molecule has 0 aliphatic rings. The Hall–Kier alpha value is -2.25. The van der Waals surface area contributed by atoms with Gasteiger partial charge in [0.05, 0.1) is 11.4 Å². The first kappa shape index (κ1) is 16.6. The van der Waals surface area contributed by atoms with Gasteiger partial charge in [-0.05, 0) is 24.3 Å². The summed E-state index contributed by atoms with van der Waals surface area (Å²) < 4.78 is 2.76. The normalized spacial score (nSPS) is 10.5. The molecule has 0 radical (unpaired) electrons. The highest BCUT2D eigenvalue weighted by atomic mass is 79.9. The van der Waals surface area contributed by atoms with Crippen LogP contribution in [0.5, 0.6) is 0 Å². The molecule has 1 aromatic carbocycles. The van der Waals surface area contributed by atoms with Crippen LogP contribution >= 0.6 is 27.3 Å². The van der Waals surface area contributed by atoms with Crippen LogP contribution in [0.3, 0.4) is 0 Å². The second-order valence-electron chi connectivity index (χ2n) is 5.09. The molecule has 2 aromatic heterocycles. The highest BCUT2D eigenvalue weighted by Crippen LogP contribution is 2.26. The molecule has 0 spiro atoms. The van der Waals surface area contributed by atoms with E-state index in [2.05, 4.69) is 26.2 Å². The van der Waals surface area contributed by atoms with Crippen LogP contribution in [0.25, 0.3) is 11.3 Å². The van der Waals surface area contributed by atoms with Crippen LogP contribution in [0.15, 0.2) is 52.4 Å². The Morgan fingerprint density at radius 1 is 1.29 bits per heavy atom. The minimum Gasteiger partial charge on any atom is -0.345 e. The molecule has 7 heteroatoms. The maximum atomic E-state index is 12.0. The van der Waals surface area contributed by atoms with Crippen molar-refractivity contribution >= 4 is 44.6 Å². The van der Waals surface area contributed by atoms with E-state index in [9.17, 15) is 9.59 Å². The molecule has 0 bridgehead atoms. The summed E-state index contributed by atoms with van der Waals surface area (Å²) >= 11 is 4.79. The summed E-state index contributed by atoms with van der Waals surface area (Å²) in [6.45, 7) is 0.456. The number of rotatable bonds is 6. The van der Waals surface area contributed by atoms with E-state index in [1.165, 1.54) is 11.3 Å². The van der Waals surface area contributed by atoms with Gasteiger partial charge in [0.25, 0.3) is 0 Å². The molecule has 24 heavy (non-hydrogen) atoms. The van der Waals surface area contributed by atoms with Crippen molar-refractivity contribution in [3.05, 3.63) is 58.1 Å². The van der Waals surface area contributed by atoms with Gasteiger partial charge in [-0.1, -0.05) is 28.1 Å². The zero-order valence-electron chi connectivity index (χ0n) is 12.6. The number of carbonyl (C=O) groups is 2. The topological polar surface area (TPSA) is 64.0 Å². The predicted octanol–water partition coefficient (Wildman–Crippen LogP) is 4.22. The van der Waals surface area contributed by atoms with Gasteiger partial charge in [-0.3, -0.25) is 9.59 Å². The average Bonchev–Trinajstić information content (AvgIpc) is 3.22. The van der Waals surface area contributed by atoms with Crippen molar-refractivity contribution in [1.29, 1.82) is 0 Å². The quantitative estimate of drug-likeness (QED) is 0.626. The first-order valence-corrected chi connectivity index (χ1v) is 8.94. The van der Waals surface area contributed by atoms with Crippen molar-refractivity contribution in [1.82, 2.24) is 9.55 Å². The van der Waals surface area contributed by atoms with Crippen molar-refractivity contribution < 1.29 is 9.59 Å². The van der Waals surface area contributed by atoms with E-state index in [1.807, 2.05) is 29.6 Å². The number of halogens is 1. The number of aldehydes is 1. The van der Waals surface area contributed by atoms with Crippen LogP contribution in [-0.4, -0.2) is 21.7 Å². The van der Waals surface area contributed by atoms with Gasteiger partial charge in [0, 0.05) is 34.6 Å². The first-order chi connectivity index (χ1) is 11.7. The molecule has 3 aromatic rings. The smallest absolute Gasteiger partial charge is 0.227 e. The van der Waals surface area contributed by atoms with E-state index in [1.54, 1.807) is 22.9 Å². The van der Waals surface area contributed by atoms with Gasteiger partial charge in [0.15, 0.2) is 11.4 Å². The summed E-state index contributed by atoms with van der Waals surface area (Å²) in [6.07, 6.45) is 2.85. The molecular weight excluding hydrogens is 390 g/mol. The molecule has 1 amide bonds. The maximum Gasteiger partial charge on any atom is 0.227 e. The van der Waals surface area contributed by atoms with Crippen molar-refractivity contribution in [2.45, 2.75) is 13.0 Å². The third kappa shape index (κ3) is 3.98. The lowest BCUT2D eigenvalue weighted by Crippen LogP contribution is -2.14. The zero-order chi connectivity index (χ0) is 16.9. The van der Waals surface area contributed by atoms with Crippen molar-refractivity contribution in [3.63, 3.8) is 0 Å². The second-order valence-corrected chi connectivity index (χ2v) is 6.86. The fourth-order valence-corrected chi connectivity index (χ4v) is 3.23. The number of aromatic nitrogens is 2. The third-order valence-electron chi connectivity index (χ3n) is 3.46. The second kappa shape index (κ2) is 7.55. The Bertz CT molecular complexity index is 855. The molecular formula is C17H14BrN3O2S. The number of hydrogen-bond acceptors (Lipinski definition) is 4. The van der Waals surface area contributed by atoms with Crippen molar-refractivity contribution in [3.8, 4) is 11.3 Å². The summed E-state index contributed by atoms with van der Waals surface area (Å²) in [6, 6.07) is 11.3. The van der Waals surface area contributed by atoms with Gasteiger partial charge in [-0.2, -0.15) is 0 Å². The number of amides is 1. The minimum absolute atomic E-state index is 0.128. The van der Waals surface area contributed by atoms with E-state index in [0.29, 0.717) is 17.4 Å². The number of carbonyl (C=O) groups excluding carboxylic acids is 2. The van der Waals surface area contributed by atoms with E-state index in [-0.39, 0.29) is 12.3 Å². The lowest BCUT2D eigenvalue weighted by molar-refractivity contribution is -0.116. The van der Waals surface area contributed by atoms with Crippen molar-refractivity contribution in [2.24, 2.45) is 0 Å². The molecule has 0 unspecified atom stereocenters. The lowest BCUT2D eigenvalue weighted by atomic mass is 10.2. The van der Waals surface area contributed by atoms with Crippen molar-refractivity contribution in [2.75, 3.05) is 5.32 Å². The minimum atomic E-state index is -0.128. The molecule has 0 aliphatic heterocycles. The molecule has 122 valence electrons. The number of benzene rings is 1. The first-order valence-electron chi connectivity index (χ1n) is 7.27. The molecule has 0 fully saturated rings. The van der Waals surface area contributed by atoms with Crippen LogP contribution in [-0.2, 0) is 11.3 Å². The zero-order valence-corrected chi connectivity index (χ0v) is 15.0. The fourth-order valence-electron chi connectivity index (χ4n) is 2.23. The summed E-state index contributed by atoms with van der Waals surface area (Å²) in [5, 5.41) is 5.28. The van der Waals surface area contributed by atoms with Gasteiger partial charge >= 0.3 is 0 Å². The number of anilines is 1. The maximum absolute atomic E-state index is 12.0. The Morgan fingerprint density at radius 2 is 2.08 bits per heavy atom. The number of aryl methyl sites for hydroxylation is 1. The fraction of sp³-hybridized carbons (Fsp3) is 0.118. The summed E-state index contributed by atoms with van der Waals surface area (Å²) in [7, 11) is 0. The molecule has 5 nitrogen and oxygen atoms in total. The monoisotopic (exact) mass is 403 g/mol. The molecule has 2 heterocycles. The molecule has 0 saturated carbocycles. The standard InChI is InChI=1S/C17H14BrN3O2S/c18-13-5-3-12(4-6-13)15-11-24-17(19-15)20-16(23)7-9-21-8-1-2-14(21)10-22/h1-6,8,10-11H,7,9H2,(H,19,20,23). The van der Waals surface area contributed by atoms with Crippen LogP contribution in [0, 0.1) is 0 Å². The van der Waals surface area contributed by atoms with Gasteiger partial charge < -0.3 is 9.88 Å². The lowest BCUT2D eigenvalue weighted by Gasteiger charge is -2.05. The molecule has 1 N–H and O–H groups in total. The molecule has 3 rings (SSSR count). The van der Waals surface area contributed by atoms with E-state index >= 15 is 0 Å². The highest BCUT2D eigenvalue weighted by Gasteiger charge is 2.09. The number of nitrogens with zero attached hydrogens (tertiary/aromatic N) is 2. The van der Waals surface area contributed by atoms with Gasteiger partial charge in [-0.15, -0.1) is 11.3 Å². The van der Waals surface area contributed by atoms with Crippen LogP contribution in [0.1, 0.15) is 16.9 Å². The van der Waals surface area contributed by atoms with Gasteiger partial charge in [-0.25, -0.2) is 4.98 Å². The number of thiazole rings is 1. The third-order valence-corrected chi connectivity index (χ3v) is 4.74. The Balaban J connectivity index is 1.59. The van der Waals surface area contributed by atoms with Crippen LogP contribution in [0.2, 0.25) is 0 Å². The molecule has 0 saturated heterocycles. The van der Waals surface area contributed by atoms with E-state index in [4.69, 9.17) is 0 Å². The van der Waals surface area contributed by atoms with E-state index < -0.39 is 0 Å². The summed E-state index contributed by atoms with van der Waals surface area (Å²) in [5.41, 5.74) is 2.39.